The number of nitrogens with two attached hydrogens (primary N) is 1. The summed E-state index contributed by atoms with van der Waals surface area (Å²) in [4.78, 5) is 0. The molecule has 0 radical (unpaired) electrons. The lowest BCUT2D eigenvalue weighted by atomic mass is 9.97. The molecule has 0 aliphatic carbocycles. The Morgan fingerprint density at radius 2 is 1.86 bits per heavy atom. The SMILES string of the molecule is CC(C)[C@@H](N)c1ccc(F)c(F)c1Br. The quantitative estimate of drug-likeness (QED) is 0.814. The van der Waals surface area contributed by atoms with Gasteiger partial charge in [0.25, 0.3) is 0 Å². The van der Waals surface area contributed by atoms with E-state index in [4.69, 9.17) is 5.73 Å². The van der Waals surface area contributed by atoms with Gasteiger partial charge in [-0.3, -0.25) is 0 Å². The molecule has 1 rings (SSSR count). The fraction of sp³-hybridized carbons (Fsp3) is 0.400. The summed E-state index contributed by atoms with van der Waals surface area (Å²) in [5.74, 6) is -1.56. The molecule has 1 atom stereocenters. The van der Waals surface area contributed by atoms with E-state index >= 15 is 0 Å². The van der Waals surface area contributed by atoms with Gasteiger partial charge < -0.3 is 5.73 Å². The molecular weight excluding hydrogens is 252 g/mol. The molecule has 0 bridgehead atoms. The zero-order valence-electron chi connectivity index (χ0n) is 8.02. The number of hydrogen-bond donors (Lipinski definition) is 1. The second-order valence-electron chi connectivity index (χ2n) is 3.53. The molecule has 14 heavy (non-hydrogen) atoms. The topological polar surface area (TPSA) is 26.0 Å². The zero-order chi connectivity index (χ0) is 10.9. The fourth-order valence-electron chi connectivity index (χ4n) is 1.16. The minimum atomic E-state index is -0.876. The van der Waals surface area contributed by atoms with Gasteiger partial charge in [-0.2, -0.15) is 0 Å². The highest BCUT2D eigenvalue weighted by molar-refractivity contribution is 9.10. The van der Waals surface area contributed by atoms with E-state index in [0.29, 0.717) is 5.56 Å². The largest absolute Gasteiger partial charge is 0.324 e. The lowest BCUT2D eigenvalue weighted by molar-refractivity contribution is 0.482. The fourth-order valence-corrected chi connectivity index (χ4v) is 1.74. The maximum atomic E-state index is 13.1. The summed E-state index contributed by atoms with van der Waals surface area (Å²) in [6.07, 6.45) is 0. The monoisotopic (exact) mass is 263 g/mol. The highest BCUT2D eigenvalue weighted by Crippen LogP contribution is 2.29. The lowest BCUT2D eigenvalue weighted by Crippen LogP contribution is -2.17. The zero-order valence-corrected chi connectivity index (χ0v) is 9.61. The van der Waals surface area contributed by atoms with Gasteiger partial charge in [0.05, 0.1) is 4.47 Å². The normalized spacial score (nSPS) is 13.4. The van der Waals surface area contributed by atoms with Crippen molar-refractivity contribution in [1.82, 2.24) is 0 Å². The summed E-state index contributed by atoms with van der Waals surface area (Å²) >= 11 is 3.00. The first-order valence-electron chi connectivity index (χ1n) is 4.34. The Labute approximate surface area is 90.4 Å². The van der Waals surface area contributed by atoms with Crippen LogP contribution >= 0.6 is 15.9 Å². The van der Waals surface area contributed by atoms with Crippen LogP contribution in [0.2, 0.25) is 0 Å². The smallest absolute Gasteiger partial charge is 0.173 e. The third kappa shape index (κ3) is 2.12. The van der Waals surface area contributed by atoms with Gasteiger partial charge in [-0.25, -0.2) is 8.78 Å². The Hall–Kier alpha value is -0.480. The maximum Gasteiger partial charge on any atom is 0.173 e. The first-order valence-corrected chi connectivity index (χ1v) is 5.13. The summed E-state index contributed by atoms with van der Waals surface area (Å²) in [7, 11) is 0. The first kappa shape index (κ1) is 11.6. The van der Waals surface area contributed by atoms with Crippen LogP contribution in [0.25, 0.3) is 0 Å². The van der Waals surface area contributed by atoms with Crippen molar-refractivity contribution in [3.05, 3.63) is 33.8 Å². The second-order valence-corrected chi connectivity index (χ2v) is 4.33. The van der Waals surface area contributed by atoms with Crippen molar-refractivity contribution < 1.29 is 8.78 Å². The van der Waals surface area contributed by atoms with E-state index in [2.05, 4.69) is 15.9 Å². The van der Waals surface area contributed by atoms with Crippen molar-refractivity contribution in [2.45, 2.75) is 19.9 Å². The molecule has 0 spiro atoms. The average molecular weight is 264 g/mol. The summed E-state index contributed by atoms with van der Waals surface area (Å²) in [5, 5.41) is 0. The van der Waals surface area contributed by atoms with Gasteiger partial charge in [-0.15, -0.1) is 0 Å². The number of rotatable bonds is 2. The molecule has 0 aliphatic rings. The summed E-state index contributed by atoms with van der Waals surface area (Å²) < 4.78 is 26.0. The van der Waals surface area contributed by atoms with Crippen LogP contribution in [0, 0.1) is 17.6 Å². The van der Waals surface area contributed by atoms with Gasteiger partial charge in [-0.05, 0) is 33.5 Å². The van der Waals surface area contributed by atoms with Crippen LogP contribution in [0.1, 0.15) is 25.5 Å². The van der Waals surface area contributed by atoms with Gasteiger partial charge in [0, 0.05) is 6.04 Å². The molecule has 1 aromatic carbocycles. The predicted molar refractivity (Wildman–Crippen MR) is 55.8 cm³/mol. The third-order valence-electron chi connectivity index (χ3n) is 2.14. The van der Waals surface area contributed by atoms with Gasteiger partial charge in [0.1, 0.15) is 0 Å². The van der Waals surface area contributed by atoms with E-state index in [-0.39, 0.29) is 16.4 Å². The Kier molecular flexibility index (Phi) is 3.61. The first-order chi connectivity index (χ1) is 6.45. The molecule has 0 aromatic heterocycles. The maximum absolute atomic E-state index is 13.1. The van der Waals surface area contributed by atoms with Crippen LogP contribution in [0.15, 0.2) is 16.6 Å². The lowest BCUT2D eigenvalue weighted by Gasteiger charge is -2.17. The van der Waals surface area contributed by atoms with Crippen molar-refractivity contribution in [3.63, 3.8) is 0 Å². The standard InChI is InChI=1S/C10H12BrF2N/c1-5(2)10(14)6-3-4-7(12)9(13)8(6)11/h3-5,10H,14H2,1-2H3/t10-/m1/s1. The van der Waals surface area contributed by atoms with E-state index in [1.807, 2.05) is 13.8 Å². The van der Waals surface area contributed by atoms with E-state index in [0.717, 1.165) is 6.07 Å². The molecule has 0 unspecified atom stereocenters. The molecule has 0 fully saturated rings. The highest BCUT2D eigenvalue weighted by Gasteiger charge is 2.18. The number of benzene rings is 1. The van der Waals surface area contributed by atoms with Crippen LogP contribution in [-0.4, -0.2) is 0 Å². The van der Waals surface area contributed by atoms with Crippen molar-refractivity contribution in [1.29, 1.82) is 0 Å². The molecule has 2 N–H and O–H groups in total. The molecule has 0 aliphatic heterocycles. The van der Waals surface area contributed by atoms with E-state index in [1.54, 1.807) is 0 Å². The molecule has 0 heterocycles. The van der Waals surface area contributed by atoms with Crippen LogP contribution in [0.3, 0.4) is 0 Å². The van der Waals surface area contributed by atoms with Gasteiger partial charge in [0.2, 0.25) is 0 Å². The predicted octanol–water partition coefficient (Wildman–Crippen LogP) is 3.38. The molecule has 78 valence electrons. The molecule has 0 amide bonds. The Balaban J connectivity index is 3.17. The molecular formula is C10H12BrF2N. The van der Waals surface area contributed by atoms with E-state index < -0.39 is 11.6 Å². The van der Waals surface area contributed by atoms with Crippen LogP contribution in [-0.2, 0) is 0 Å². The van der Waals surface area contributed by atoms with Crippen molar-refractivity contribution in [3.8, 4) is 0 Å². The summed E-state index contributed by atoms with van der Waals surface area (Å²) in [5.41, 5.74) is 6.43. The molecule has 4 heteroatoms. The Bertz CT molecular complexity index is 339. The Morgan fingerprint density at radius 3 is 2.36 bits per heavy atom. The van der Waals surface area contributed by atoms with Crippen LogP contribution in [0.4, 0.5) is 8.78 Å². The van der Waals surface area contributed by atoms with Gasteiger partial charge in [-0.1, -0.05) is 19.9 Å². The Morgan fingerprint density at radius 1 is 1.29 bits per heavy atom. The number of hydrogen-bond acceptors (Lipinski definition) is 1. The third-order valence-corrected chi connectivity index (χ3v) is 2.95. The molecule has 0 saturated heterocycles. The summed E-state index contributed by atoms with van der Waals surface area (Å²) in [6, 6.07) is 2.31. The summed E-state index contributed by atoms with van der Waals surface area (Å²) in [6.45, 7) is 3.86. The minimum Gasteiger partial charge on any atom is -0.324 e. The second kappa shape index (κ2) is 4.36. The number of halogens is 3. The van der Waals surface area contributed by atoms with Gasteiger partial charge >= 0.3 is 0 Å². The molecule has 1 nitrogen and oxygen atoms in total. The van der Waals surface area contributed by atoms with Crippen molar-refractivity contribution >= 4 is 15.9 Å². The van der Waals surface area contributed by atoms with Crippen LogP contribution in [0.5, 0.6) is 0 Å². The van der Waals surface area contributed by atoms with Crippen molar-refractivity contribution in [2.24, 2.45) is 11.7 Å². The molecule has 1 aromatic rings. The van der Waals surface area contributed by atoms with Gasteiger partial charge in [0.15, 0.2) is 11.6 Å². The van der Waals surface area contributed by atoms with E-state index in [9.17, 15) is 8.78 Å². The van der Waals surface area contributed by atoms with Crippen molar-refractivity contribution in [2.75, 3.05) is 0 Å². The molecule has 0 saturated carbocycles. The highest BCUT2D eigenvalue weighted by atomic mass is 79.9. The van der Waals surface area contributed by atoms with E-state index in [1.165, 1.54) is 6.07 Å². The van der Waals surface area contributed by atoms with Crippen LogP contribution < -0.4 is 5.73 Å². The average Bonchev–Trinajstić information content (AvgIpc) is 2.13. The minimum absolute atomic E-state index is 0.124.